The molecule has 0 radical (unpaired) electrons. The van der Waals surface area contributed by atoms with Gasteiger partial charge >= 0.3 is 0 Å². The Hall–Kier alpha value is -7.16. The number of carbonyl (C=O) groups excluding carboxylic acids is 4. The van der Waals surface area contributed by atoms with Crippen LogP contribution in [-0.4, -0.2) is 138 Å². The highest BCUT2D eigenvalue weighted by atomic mass is 32.2. The molecule has 0 bridgehead atoms. The molecule has 0 unspecified atom stereocenters. The van der Waals surface area contributed by atoms with Gasteiger partial charge in [-0.15, -0.1) is 0 Å². The van der Waals surface area contributed by atoms with Gasteiger partial charge in [0.15, 0.2) is 23.0 Å². The first-order valence-electron chi connectivity index (χ1n) is 26.9. The van der Waals surface area contributed by atoms with Gasteiger partial charge < -0.3 is 48.3 Å². The quantitative estimate of drug-likeness (QED) is 0.0411. The van der Waals surface area contributed by atoms with E-state index in [1.807, 2.05) is 70.6 Å². The first-order chi connectivity index (χ1) is 38.4. The Labute approximate surface area is 465 Å². The standard InChI is InChI=1S/C60H68N6O12S/c1-60(2,79-24-10-18-78-66-56(67)15-16-57(66)68)38-63(17-19-74-22-23-75-21-20-71-3)43-26-39(36-76-54-32-48-46(30-52(54)72-4)58(69)64-44(34-61-48)28-41-11-6-8-13-50(41)64)25-40(27-43)37-77-55-33-49-47(31-53(55)73-5)59(70)65-45(35-62-49)29-42-12-7-9-14-51(42)65/h6-9,11-14,25-27,30-34,44-45,62H,10,15-24,28-29,35-38H2,1-5H3/t44-,45-/m0/s1. The molecule has 0 aromatic heterocycles. The van der Waals surface area contributed by atoms with Crippen LogP contribution in [0.1, 0.15) is 76.1 Å². The lowest BCUT2D eigenvalue weighted by Gasteiger charge is -2.34. The van der Waals surface area contributed by atoms with E-state index >= 15 is 0 Å². The lowest BCUT2D eigenvalue weighted by atomic mass is 10.1. The number of para-hydroxylation sites is 2. The maximum atomic E-state index is 14.3. The van der Waals surface area contributed by atoms with Crippen LogP contribution in [0.25, 0.3) is 0 Å². The molecular formula is C60H68N6O12S. The Morgan fingerprint density at radius 2 is 1.30 bits per heavy atom. The number of methoxy groups -OCH3 is 3. The summed E-state index contributed by atoms with van der Waals surface area (Å²) >= 11 is 1.77. The highest BCUT2D eigenvalue weighted by Crippen LogP contribution is 2.43. The van der Waals surface area contributed by atoms with Crippen LogP contribution in [0.5, 0.6) is 23.0 Å². The van der Waals surface area contributed by atoms with E-state index in [1.165, 1.54) is 0 Å². The van der Waals surface area contributed by atoms with Gasteiger partial charge in [0.1, 0.15) is 13.2 Å². The summed E-state index contributed by atoms with van der Waals surface area (Å²) in [5, 5.41) is 4.44. The molecule has 19 heteroatoms. The molecule has 0 spiro atoms. The number of hydroxylamine groups is 2. The number of hydrogen-bond acceptors (Lipinski definition) is 16. The third kappa shape index (κ3) is 12.5. The summed E-state index contributed by atoms with van der Waals surface area (Å²) in [5.41, 5.74) is 8.70. The minimum atomic E-state index is -0.303. The summed E-state index contributed by atoms with van der Waals surface area (Å²) in [5.74, 6) is 1.58. The molecule has 5 aromatic rings. The van der Waals surface area contributed by atoms with Crippen molar-refractivity contribution in [3.63, 3.8) is 0 Å². The predicted octanol–water partition coefficient (Wildman–Crippen LogP) is 8.61. The Bertz CT molecular complexity index is 3080. The summed E-state index contributed by atoms with van der Waals surface area (Å²) in [6.45, 7) is 8.80. The van der Waals surface area contributed by atoms with Crippen molar-refractivity contribution in [2.24, 2.45) is 4.99 Å². The van der Waals surface area contributed by atoms with Gasteiger partial charge in [0.25, 0.3) is 23.6 Å². The molecule has 0 aliphatic carbocycles. The topological polar surface area (TPSA) is 179 Å². The van der Waals surface area contributed by atoms with Gasteiger partial charge in [-0.25, -0.2) is 0 Å². The van der Waals surface area contributed by atoms with Crippen LogP contribution in [0.15, 0.2) is 96.0 Å². The van der Waals surface area contributed by atoms with E-state index in [4.69, 9.17) is 43.0 Å². The van der Waals surface area contributed by atoms with Crippen LogP contribution < -0.4 is 39.0 Å². The number of ether oxygens (including phenoxy) is 7. The Morgan fingerprint density at radius 3 is 2.00 bits per heavy atom. The number of thioether (sulfide) groups is 1. The van der Waals surface area contributed by atoms with E-state index in [0.717, 1.165) is 56.6 Å². The van der Waals surface area contributed by atoms with Crippen molar-refractivity contribution in [3.05, 3.63) is 124 Å². The first kappa shape index (κ1) is 55.2. The lowest BCUT2D eigenvalue weighted by Crippen LogP contribution is -2.39. The van der Waals surface area contributed by atoms with Crippen LogP contribution in [0.4, 0.5) is 28.4 Å². The number of imide groups is 1. The van der Waals surface area contributed by atoms with E-state index in [-0.39, 0.29) is 73.1 Å². The van der Waals surface area contributed by atoms with Crippen molar-refractivity contribution in [1.29, 1.82) is 0 Å². The largest absolute Gasteiger partial charge is 0.493 e. The van der Waals surface area contributed by atoms with Gasteiger partial charge in [-0.05, 0) is 97.2 Å². The van der Waals surface area contributed by atoms with E-state index in [2.05, 4.69) is 42.3 Å². The van der Waals surface area contributed by atoms with Crippen molar-refractivity contribution >= 4 is 70.0 Å². The molecule has 1 N–H and O–H groups in total. The zero-order chi connectivity index (χ0) is 55.0. The summed E-state index contributed by atoms with van der Waals surface area (Å²) < 4.78 is 41.8. The molecule has 416 valence electrons. The van der Waals surface area contributed by atoms with E-state index in [1.54, 1.807) is 51.3 Å². The molecule has 5 aliphatic rings. The predicted molar refractivity (Wildman–Crippen MR) is 303 cm³/mol. The average Bonchev–Trinajstić information content (AvgIpc) is 4.31. The van der Waals surface area contributed by atoms with Crippen molar-refractivity contribution in [2.45, 2.75) is 76.0 Å². The monoisotopic (exact) mass is 1100 g/mol. The highest BCUT2D eigenvalue weighted by molar-refractivity contribution is 8.00. The fraction of sp³-hybridized carbons (Fsp3) is 0.417. The fourth-order valence-electron chi connectivity index (χ4n) is 10.7. The molecule has 1 fully saturated rings. The molecule has 79 heavy (non-hydrogen) atoms. The van der Waals surface area contributed by atoms with Crippen LogP contribution >= 0.6 is 11.8 Å². The second-order valence-corrected chi connectivity index (χ2v) is 22.4. The normalized spacial score (nSPS) is 17.1. The van der Waals surface area contributed by atoms with Gasteiger partial charge in [-0.1, -0.05) is 36.4 Å². The Balaban J connectivity index is 0.923. The number of nitrogens with one attached hydrogen (secondary N) is 1. The summed E-state index contributed by atoms with van der Waals surface area (Å²) in [6, 6.07) is 29.1. The number of fused-ring (bicyclic) bond motifs is 8. The Morgan fingerprint density at radius 1 is 0.684 bits per heavy atom. The van der Waals surface area contributed by atoms with Gasteiger partial charge in [0.2, 0.25) is 0 Å². The highest BCUT2D eigenvalue weighted by Gasteiger charge is 2.39. The SMILES string of the molecule is COCCOCCOCCN(CC(C)(C)SCCCON1C(=O)CCC1=O)c1cc(COc2cc3c(cc2OC)C(=O)N2c4ccccc4C[C@H]2C=N3)cc(COc2cc3c(cc2OC)C(=O)N2c4ccccc4C[C@H]2CN3)c1. The van der Waals surface area contributed by atoms with E-state index < -0.39 is 0 Å². The van der Waals surface area contributed by atoms with Gasteiger partial charge in [-0.2, -0.15) is 16.8 Å². The number of hydrogen-bond donors (Lipinski definition) is 1. The van der Waals surface area contributed by atoms with Crippen LogP contribution in [0.2, 0.25) is 0 Å². The van der Waals surface area contributed by atoms with Crippen LogP contribution in [0, 0.1) is 0 Å². The first-order valence-corrected chi connectivity index (χ1v) is 27.9. The number of rotatable bonds is 26. The van der Waals surface area contributed by atoms with E-state index in [9.17, 15) is 19.2 Å². The summed E-state index contributed by atoms with van der Waals surface area (Å²) in [4.78, 5) is 69.2. The second kappa shape index (κ2) is 24.9. The fourth-order valence-corrected chi connectivity index (χ4v) is 11.8. The number of anilines is 4. The molecular weight excluding hydrogens is 1030 g/mol. The molecule has 10 rings (SSSR count). The lowest BCUT2D eigenvalue weighted by molar-refractivity contribution is -0.187. The van der Waals surface area contributed by atoms with Crippen molar-refractivity contribution in [1.82, 2.24) is 5.06 Å². The summed E-state index contributed by atoms with van der Waals surface area (Å²) in [7, 11) is 4.77. The number of benzene rings is 5. The number of aliphatic imine (C=N–C) groups is 1. The maximum Gasteiger partial charge on any atom is 0.261 e. The van der Waals surface area contributed by atoms with Crippen molar-refractivity contribution < 1.29 is 57.2 Å². The van der Waals surface area contributed by atoms with Crippen LogP contribution in [-0.2, 0) is 54.7 Å². The molecule has 5 aromatic carbocycles. The molecule has 0 saturated carbocycles. The summed E-state index contributed by atoms with van der Waals surface area (Å²) in [6.07, 6.45) is 4.25. The van der Waals surface area contributed by atoms with Crippen molar-refractivity contribution in [2.75, 3.05) is 106 Å². The molecule has 2 atom stereocenters. The van der Waals surface area contributed by atoms with Crippen molar-refractivity contribution in [3.8, 4) is 23.0 Å². The zero-order valence-electron chi connectivity index (χ0n) is 45.5. The third-order valence-electron chi connectivity index (χ3n) is 14.6. The molecule has 1 saturated heterocycles. The number of amides is 4. The molecule has 5 heterocycles. The molecule has 5 aliphatic heterocycles. The third-order valence-corrected chi connectivity index (χ3v) is 16.0. The maximum absolute atomic E-state index is 14.3. The van der Waals surface area contributed by atoms with Gasteiger partial charge in [0.05, 0.1) is 88.4 Å². The van der Waals surface area contributed by atoms with E-state index in [0.29, 0.717) is 111 Å². The zero-order valence-corrected chi connectivity index (χ0v) is 46.3. The Kier molecular flexibility index (Phi) is 17.4. The minimum absolute atomic E-state index is 0.0356. The molecule has 18 nitrogen and oxygen atoms in total. The number of carbonyl (C=O) groups is 4. The second-order valence-electron chi connectivity index (χ2n) is 20.6. The number of nitrogens with zero attached hydrogens (tertiary/aromatic N) is 5. The van der Waals surface area contributed by atoms with Crippen LogP contribution in [0.3, 0.4) is 0 Å². The molecule has 4 amide bonds. The van der Waals surface area contributed by atoms with Gasteiger partial charge in [-0.3, -0.25) is 33.9 Å². The van der Waals surface area contributed by atoms with Gasteiger partial charge in [0, 0.05) is 86.2 Å². The smallest absolute Gasteiger partial charge is 0.261 e. The minimum Gasteiger partial charge on any atom is -0.493 e. The average molecular weight is 1100 g/mol.